The largest absolute Gasteiger partial charge is 0.318 e. The molecule has 36 heavy (non-hydrogen) atoms. The molecule has 3 aromatic rings. The van der Waals surface area contributed by atoms with Crippen LogP contribution in [0.3, 0.4) is 0 Å². The van der Waals surface area contributed by atoms with E-state index < -0.39 is 44.3 Å². The number of hydrogen-bond donors (Lipinski definition) is 2. The van der Waals surface area contributed by atoms with E-state index in [4.69, 9.17) is 0 Å². The molecule has 190 valence electrons. The van der Waals surface area contributed by atoms with Crippen molar-refractivity contribution in [1.29, 1.82) is 0 Å². The van der Waals surface area contributed by atoms with Crippen LogP contribution in [0.5, 0.6) is 0 Å². The predicted octanol–water partition coefficient (Wildman–Crippen LogP) is 3.79. The van der Waals surface area contributed by atoms with Crippen molar-refractivity contribution >= 4 is 21.4 Å². The Morgan fingerprint density at radius 2 is 2.03 bits per heavy atom. The maximum Gasteiger partial charge on any atom is 0.276 e. The molecule has 0 bridgehead atoms. The third kappa shape index (κ3) is 3.50. The summed E-state index contributed by atoms with van der Waals surface area (Å²) in [4.78, 5) is 13.0. The van der Waals surface area contributed by atoms with E-state index in [1.165, 1.54) is 6.20 Å². The van der Waals surface area contributed by atoms with Crippen molar-refractivity contribution in [2.24, 2.45) is 11.3 Å². The fourth-order valence-electron chi connectivity index (χ4n) is 6.06. The molecule has 2 aromatic heterocycles. The molecule has 3 unspecified atom stereocenters. The summed E-state index contributed by atoms with van der Waals surface area (Å²) in [7, 11) is -3.32. The lowest BCUT2D eigenvalue weighted by Gasteiger charge is -2.30. The second kappa shape index (κ2) is 7.96. The normalized spacial score (nSPS) is 28.5. The highest BCUT2D eigenvalue weighted by atomic mass is 32.2. The van der Waals surface area contributed by atoms with Crippen LogP contribution in [0.1, 0.15) is 59.5 Å². The Bertz CT molecular complexity index is 1430. The van der Waals surface area contributed by atoms with Gasteiger partial charge >= 0.3 is 0 Å². The number of fused-ring (bicyclic) bond motifs is 2. The minimum atomic E-state index is -3.32. The number of nitrogens with zero attached hydrogens (tertiary/aromatic N) is 3. The SMILES string of the molecule is CC12Cc3[nH]nc(C(=O)Nc4cnn(C(c5ccccc5)[C@H]5CCCCS5(=O)=O)c4)c3CC1C2(F)F. The number of halogens is 2. The Kier molecular flexibility index (Phi) is 5.16. The summed E-state index contributed by atoms with van der Waals surface area (Å²) in [5, 5.41) is 13.5. The van der Waals surface area contributed by atoms with Crippen LogP contribution >= 0.6 is 0 Å². The Balaban J connectivity index is 1.26. The van der Waals surface area contributed by atoms with Gasteiger partial charge in [0.15, 0.2) is 15.5 Å². The van der Waals surface area contributed by atoms with E-state index in [-0.39, 0.29) is 24.3 Å². The molecule has 6 rings (SSSR count). The summed E-state index contributed by atoms with van der Waals surface area (Å²) in [6.07, 6.45) is 5.36. The Labute approximate surface area is 207 Å². The molecular weight excluding hydrogens is 488 g/mol. The minimum absolute atomic E-state index is 0.104. The molecule has 4 atom stereocenters. The fraction of sp³-hybridized carbons (Fsp3) is 0.480. The highest BCUT2D eigenvalue weighted by Crippen LogP contribution is 2.70. The van der Waals surface area contributed by atoms with Crippen LogP contribution in [0.25, 0.3) is 0 Å². The van der Waals surface area contributed by atoms with Gasteiger partial charge in [-0.05, 0) is 24.8 Å². The number of amides is 1. The highest BCUT2D eigenvalue weighted by molar-refractivity contribution is 7.92. The number of carbonyl (C=O) groups is 1. The first kappa shape index (κ1) is 23.3. The van der Waals surface area contributed by atoms with Crippen molar-refractivity contribution in [2.45, 2.75) is 56.2 Å². The van der Waals surface area contributed by atoms with Gasteiger partial charge in [0.1, 0.15) is 0 Å². The van der Waals surface area contributed by atoms with Gasteiger partial charge in [-0.3, -0.25) is 14.6 Å². The molecule has 8 nitrogen and oxygen atoms in total. The zero-order valence-electron chi connectivity index (χ0n) is 19.7. The Hall–Kier alpha value is -3.08. The number of alkyl halides is 2. The number of aromatic amines is 1. The fourth-order valence-corrected chi connectivity index (χ4v) is 8.17. The lowest BCUT2D eigenvalue weighted by atomic mass is 9.87. The lowest BCUT2D eigenvalue weighted by Crippen LogP contribution is -2.37. The van der Waals surface area contributed by atoms with Crippen molar-refractivity contribution < 1.29 is 22.0 Å². The second-order valence-electron chi connectivity index (χ2n) is 10.4. The van der Waals surface area contributed by atoms with E-state index in [0.717, 1.165) is 12.0 Å². The molecule has 3 heterocycles. The molecule has 0 radical (unpaired) electrons. The molecule has 1 aliphatic heterocycles. The molecule has 1 aromatic carbocycles. The molecule has 3 aliphatic rings. The minimum Gasteiger partial charge on any atom is -0.318 e. The molecule has 0 spiro atoms. The highest BCUT2D eigenvalue weighted by Gasteiger charge is 2.78. The van der Waals surface area contributed by atoms with Crippen LogP contribution in [0.2, 0.25) is 0 Å². The van der Waals surface area contributed by atoms with Gasteiger partial charge < -0.3 is 5.32 Å². The van der Waals surface area contributed by atoms with Gasteiger partial charge in [-0.2, -0.15) is 10.2 Å². The zero-order chi connectivity index (χ0) is 25.3. The van der Waals surface area contributed by atoms with Gasteiger partial charge in [0.25, 0.3) is 11.8 Å². The average Bonchev–Trinajstić information content (AvgIpc) is 3.26. The maximum atomic E-state index is 14.2. The van der Waals surface area contributed by atoms with Gasteiger partial charge in [-0.25, -0.2) is 17.2 Å². The topological polar surface area (TPSA) is 110 Å². The van der Waals surface area contributed by atoms with E-state index >= 15 is 0 Å². The number of carbonyl (C=O) groups excluding carboxylic acids is 1. The summed E-state index contributed by atoms with van der Waals surface area (Å²) in [6, 6.07) is 8.82. The van der Waals surface area contributed by atoms with Crippen LogP contribution in [-0.4, -0.2) is 51.2 Å². The van der Waals surface area contributed by atoms with Crippen molar-refractivity contribution in [3.8, 4) is 0 Å². The van der Waals surface area contributed by atoms with E-state index in [1.54, 1.807) is 17.8 Å². The first-order valence-electron chi connectivity index (χ1n) is 12.2. The summed E-state index contributed by atoms with van der Waals surface area (Å²) in [5.41, 5.74) is 1.35. The number of H-pyrrole nitrogens is 1. The van der Waals surface area contributed by atoms with E-state index in [0.29, 0.717) is 29.8 Å². The Morgan fingerprint density at radius 1 is 1.25 bits per heavy atom. The third-order valence-electron chi connectivity index (χ3n) is 8.27. The maximum absolute atomic E-state index is 14.2. The summed E-state index contributed by atoms with van der Waals surface area (Å²) >= 11 is 0. The third-order valence-corrected chi connectivity index (χ3v) is 10.5. The first-order chi connectivity index (χ1) is 17.1. The van der Waals surface area contributed by atoms with Crippen molar-refractivity contribution in [1.82, 2.24) is 20.0 Å². The monoisotopic (exact) mass is 515 g/mol. The summed E-state index contributed by atoms with van der Waals surface area (Å²) in [5.74, 6) is -3.89. The molecule has 2 aliphatic carbocycles. The van der Waals surface area contributed by atoms with Gasteiger partial charge in [0, 0.05) is 35.2 Å². The first-order valence-corrected chi connectivity index (χ1v) is 13.9. The van der Waals surface area contributed by atoms with Crippen LogP contribution in [0.15, 0.2) is 42.7 Å². The van der Waals surface area contributed by atoms with Gasteiger partial charge in [-0.15, -0.1) is 0 Å². The molecule has 1 saturated heterocycles. The van der Waals surface area contributed by atoms with E-state index in [1.807, 2.05) is 30.3 Å². The molecule has 1 saturated carbocycles. The molecule has 11 heteroatoms. The number of rotatable bonds is 5. The van der Waals surface area contributed by atoms with Gasteiger partial charge in [0.2, 0.25) is 0 Å². The van der Waals surface area contributed by atoms with Crippen LogP contribution in [0.4, 0.5) is 14.5 Å². The number of anilines is 1. The standard InChI is InChI=1S/C25H27F2N5O3S/c1-24-12-18-17(11-20(24)25(24,26)27)21(31-30-18)23(33)29-16-13-28-32(14-16)22(15-7-3-2-4-8-15)19-9-5-6-10-36(19,34)35/h2-4,7-8,13-14,19-20,22H,5-6,9-12H2,1H3,(H,29,33)(H,30,31)/t19-,20?,22?,24?/m1/s1. The number of aromatic nitrogens is 4. The van der Waals surface area contributed by atoms with Crippen molar-refractivity contribution in [3.63, 3.8) is 0 Å². The molecule has 2 N–H and O–H groups in total. The Morgan fingerprint density at radius 3 is 2.78 bits per heavy atom. The second-order valence-corrected chi connectivity index (χ2v) is 12.8. The van der Waals surface area contributed by atoms with Gasteiger partial charge in [-0.1, -0.05) is 43.7 Å². The lowest BCUT2D eigenvalue weighted by molar-refractivity contribution is 0.0630. The zero-order valence-corrected chi connectivity index (χ0v) is 20.6. The van der Waals surface area contributed by atoms with E-state index in [2.05, 4.69) is 20.6 Å². The summed E-state index contributed by atoms with van der Waals surface area (Å²) < 4.78 is 56.0. The molecular formula is C25H27F2N5O3S. The number of sulfone groups is 1. The van der Waals surface area contributed by atoms with E-state index in [9.17, 15) is 22.0 Å². The number of nitrogens with one attached hydrogen (secondary N) is 2. The summed E-state index contributed by atoms with van der Waals surface area (Å²) in [6.45, 7) is 1.57. The van der Waals surface area contributed by atoms with Crippen LogP contribution in [-0.2, 0) is 22.7 Å². The smallest absolute Gasteiger partial charge is 0.276 e. The van der Waals surface area contributed by atoms with Crippen LogP contribution in [0, 0.1) is 11.3 Å². The average molecular weight is 516 g/mol. The number of hydrogen-bond acceptors (Lipinski definition) is 5. The molecule has 1 amide bonds. The van der Waals surface area contributed by atoms with Crippen LogP contribution < -0.4 is 5.32 Å². The van der Waals surface area contributed by atoms with Crippen molar-refractivity contribution in [3.05, 3.63) is 65.2 Å². The number of benzene rings is 1. The predicted molar refractivity (Wildman–Crippen MR) is 129 cm³/mol. The van der Waals surface area contributed by atoms with Crippen molar-refractivity contribution in [2.75, 3.05) is 11.1 Å². The quantitative estimate of drug-likeness (QED) is 0.537. The van der Waals surface area contributed by atoms with Gasteiger partial charge in [0.05, 0.1) is 28.9 Å². The molecule has 2 fully saturated rings.